The summed E-state index contributed by atoms with van der Waals surface area (Å²) in [5.74, 6) is -0.898. The molecule has 2 nitrogen and oxygen atoms in total. The van der Waals surface area contributed by atoms with Crippen molar-refractivity contribution < 1.29 is 9.90 Å². The third-order valence-electron chi connectivity index (χ3n) is 4.17. The van der Waals surface area contributed by atoms with Gasteiger partial charge in [-0.3, -0.25) is 0 Å². The van der Waals surface area contributed by atoms with Crippen LogP contribution in [0.15, 0.2) is 60.7 Å². The number of benzene rings is 3. The minimum Gasteiger partial charge on any atom is -0.478 e. The zero-order valence-corrected chi connectivity index (χ0v) is 13.6. The highest BCUT2D eigenvalue weighted by atomic mass is 16.4. The fraction of sp³-hybridized carbons (Fsp3) is 0.190. The van der Waals surface area contributed by atoms with E-state index in [4.69, 9.17) is 5.11 Å². The maximum atomic E-state index is 10.9. The second-order valence-corrected chi connectivity index (χ2v) is 6.91. The largest absolute Gasteiger partial charge is 0.478 e. The van der Waals surface area contributed by atoms with Crippen molar-refractivity contribution in [3.05, 3.63) is 71.8 Å². The number of hydrogen-bond acceptors (Lipinski definition) is 1. The quantitative estimate of drug-likeness (QED) is 0.678. The standard InChI is InChI=1S/C21H20O2/c1-21(2,3)19-11-10-17-12-16(8-9-18(17)13-19)14-4-6-15(7-5-14)20(22)23/h4-13H,1-3H3,(H,22,23). The lowest BCUT2D eigenvalue weighted by Crippen LogP contribution is -2.10. The van der Waals surface area contributed by atoms with E-state index in [0.29, 0.717) is 5.56 Å². The molecule has 0 unspecified atom stereocenters. The van der Waals surface area contributed by atoms with Crippen LogP contribution in [-0.2, 0) is 5.41 Å². The van der Waals surface area contributed by atoms with Crippen molar-refractivity contribution in [2.45, 2.75) is 26.2 Å². The second kappa shape index (κ2) is 5.54. The summed E-state index contributed by atoms with van der Waals surface area (Å²) in [5, 5.41) is 11.4. The lowest BCUT2D eigenvalue weighted by Gasteiger charge is -2.19. The molecule has 0 saturated heterocycles. The number of rotatable bonds is 2. The molecule has 23 heavy (non-hydrogen) atoms. The molecule has 0 aliphatic heterocycles. The predicted octanol–water partition coefficient (Wildman–Crippen LogP) is 5.50. The topological polar surface area (TPSA) is 37.3 Å². The van der Waals surface area contributed by atoms with Crippen LogP contribution in [0.4, 0.5) is 0 Å². The maximum absolute atomic E-state index is 10.9. The van der Waals surface area contributed by atoms with Crippen LogP contribution >= 0.6 is 0 Å². The Hall–Kier alpha value is -2.61. The number of hydrogen-bond donors (Lipinski definition) is 1. The van der Waals surface area contributed by atoms with E-state index in [1.54, 1.807) is 12.1 Å². The first-order chi connectivity index (χ1) is 10.8. The molecule has 1 N–H and O–H groups in total. The Bertz CT molecular complexity index is 868. The summed E-state index contributed by atoms with van der Waals surface area (Å²) >= 11 is 0. The Morgan fingerprint density at radius 1 is 0.783 bits per heavy atom. The fourth-order valence-corrected chi connectivity index (χ4v) is 2.70. The normalized spacial score (nSPS) is 11.6. The van der Waals surface area contributed by atoms with Gasteiger partial charge in [-0.2, -0.15) is 0 Å². The molecular formula is C21H20O2. The molecule has 116 valence electrons. The molecule has 0 bridgehead atoms. The summed E-state index contributed by atoms with van der Waals surface area (Å²) in [6.45, 7) is 6.64. The van der Waals surface area contributed by atoms with Gasteiger partial charge in [0, 0.05) is 0 Å². The van der Waals surface area contributed by atoms with E-state index in [-0.39, 0.29) is 5.41 Å². The number of carbonyl (C=O) groups is 1. The molecule has 0 aliphatic carbocycles. The Morgan fingerprint density at radius 3 is 1.96 bits per heavy atom. The van der Waals surface area contributed by atoms with E-state index < -0.39 is 5.97 Å². The van der Waals surface area contributed by atoms with Crippen LogP contribution in [0.3, 0.4) is 0 Å². The molecule has 0 aromatic heterocycles. The first-order valence-electron chi connectivity index (χ1n) is 7.73. The van der Waals surface area contributed by atoms with Gasteiger partial charge in [-0.25, -0.2) is 4.79 Å². The fourth-order valence-electron chi connectivity index (χ4n) is 2.70. The summed E-state index contributed by atoms with van der Waals surface area (Å²) in [5.41, 5.74) is 3.89. The van der Waals surface area contributed by atoms with Gasteiger partial charge in [-0.1, -0.05) is 63.2 Å². The molecule has 0 saturated carbocycles. The average Bonchev–Trinajstić information content (AvgIpc) is 2.53. The summed E-state index contributed by atoms with van der Waals surface area (Å²) in [4.78, 5) is 10.9. The van der Waals surface area contributed by atoms with E-state index in [9.17, 15) is 4.79 Å². The molecule has 0 spiro atoms. The third kappa shape index (κ3) is 3.11. The number of carboxylic acid groups (broad SMARTS) is 1. The van der Waals surface area contributed by atoms with Gasteiger partial charge in [0.15, 0.2) is 0 Å². The molecule has 0 amide bonds. The molecule has 3 aromatic carbocycles. The number of carboxylic acids is 1. The minimum absolute atomic E-state index is 0.138. The van der Waals surface area contributed by atoms with Crippen LogP contribution in [-0.4, -0.2) is 11.1 Å². The van der Waals surface area contributed by atoms with Crippen LogP contribution in [0.2, 0.25) is 0 Å². The van der Waals surface area contributed by atoms with E-state index in [1.807, 2.05) is 12.1 Å². The van der Waals surface area contributed by atoms with Crippen molar-refractivity contribution in [3.63, 3.8) is 0 Å². The van der Waals surface area contributed by atoms with Crippen LogP contribution in [0.1, 0.15) is 36.7 Å². The molecule has 3 rings (SSSR count). The highest BCUT2D eigenvalue weighted by Gasteiger charge is 2.13. The summed E-state index contributed by atoms with van der Waals surface area (Å²) in [6.07, 6.45) is 0. The van der Waals surface area contributed by atoms with E-state index >= 15 is 0 Å². The first kappa shape index (κ1) is 15.3. The molecule has 0 radical (unpaired) electrons. The lowest BCUT2D eigenvalue weighted by molar-refractivity contribution is 0.0697. The van der Waals surface area contributed by atoms with Crippen molar-refractivity contribution in [1.82, 2.24) is 0 Å². The Morgan fingerprint density at radius 2 is 1.35 bits per heavy atom. The molecule has 2 heteroatoms. The highest BCUT2D eigenvalue weighted by Crippen LogP contribution is 2.29. The summed E-state index contributed by atoms with van der Waals surface area (Å²) in [6, 6.07) is 19.9. The molecule has 0 fully saturated rings. The minimum atomic E-state index is -0.898. The zero-order chi connectivity index (χ0) is 16.6. The van der Waals surface area contributed by atoms with Crippen LogP contribution in [0.5, 0.6) is 0 Å². The van der Waals surface area contributed by atoms with E-state index in [1.165, 1.54) is 16.3 Å². The SMILES string of the molecule is CC(C)(C)c1ccc2cc(-c3ccc(C(=O)O)cc3)ccc2c1. The Kier molecular flexibility index (Phi) is 3.69. The lowest BCUT2D eigenvalue weighted by atomic mass is 9.85. The van der Waals surface area contributed by atoms with Gasteiger partial charge >= 0.3 is 5.97 Å². The van der Waals surface area contributed by atoms with E-state index in [0.717, 1.165) is 11.1 Å². The average molecular weight is 304 g/mol. The van der Waals surface area contributed by atoms with Crippen molar-refractivity contribution in [2.24, 2.45) is 0 Å². The first-order valence-corrected chi connectivity index (χ1v) is 7.73. The zero-order valence-electron chi connectivity index (χ0n) is 13.6. The van der Waals surface area contributed by atoms with Gasteiger partial charge in [-0.15, -0.1) is 0 Å². The van der Waals surface area contributed by atoms with Crippen molar-refractivity contribution >= 4 is 16.7 Å². The molecule has 0 aliphatic rings. The van der Waals surface area contributed by atoms with Gasteiger partial charge in [0.05, 0.1) is 5.56 Å². The highest BCUT2D eigenvalue weighted by molar-refractivity contribution is 5.90. The van der Waals surface area contributed by atoms with Crippen molar-refractivity contribution in [1.29, 1.82) is 0 Å². The number of aromatic carboxylic acids is 1. The van der Waals surface area contributed by atoms with Gasteiger partial charge in [0.2, 0.25) is 0 Å². The molecule has 0 heterocycles. The van der Waals surface area contributed by atoms with Gasteiger partial charge < -0.3 is 5.11 Å². The Labute approximate surface area is 136 Å². The van der Waals surface area contributed by atoms with E-state index in [2.05, 4.69) is 57.2 Å². The summed E-state index contributed by atoms with van der Waals surface area (Å²) in [7, 11) is 0. The van der Waals surface area contributed by atoms with Crippen LogP contribution < -0.4 is 0 Å². The van der Waals surface area contributed by atoms with Gasteiger partial charge in [0.25, 0.3) is 0 Å². The maximum Gasteiger partial charge on any atom is 0.335 e. The van der Waals surface area contributed by atoms with Gasteiger partial charge in [-0.05, 0) is 51.1 Å². The Balaban J connectivity index is 2.01. The molecule has 3 aromatic rings. The monoisotopic (exact) mass is 304 g/mol. The summed E-state index contributed by atoms with van der Waals surface area (Å²) < 4.78 is 0. The van der Waals surface area contributed by atoms with Crippen molar-refractivity contribution in [2.75, 3.05) is 0 Å². The van der Waals surface area contributed by atoms with Crippen LogP contribution in [0, 0.1) is 0 Å². The second-order valence-electron chi connectivity index (χ2n) is 6.91. The third-order valence-corrected chi connectivity index (χ3v) is 4.17. The van der Waals surface area contributed by atoms with Crippen LogP contribution in [0.25, 0.3) is 21.9 Å². The molecule has 0 atom stereocenters. The molecular weight excluding hydrogens is 284 g/mol. The number of fused-ring (bicyclic) bond motifs is 1. The smallest absolute Gasteiger partial charge is 0.335 e. The van der Waals surface area contributed by atoms with Gasteiger partial charge in [0.1, 0.15) is 0 Å². The van der Waals surface area contributed by atoms with Crippen molar-refractivity contribution in [3.8, 4) is 11.1 Å². The predicted molar refractivity (Wildman–Crippen MR) is 95.0 cm³/mol.